The largest absolute Gasteiger partial charge is 0.322 e. The van der Waals surface area contributed by atoms with Crippen LogP contribution in [0, 0.1) is 0 Å². The SMILES string of the molecule is CC(=O)c1ccc(NC(=O)c2ccc3nc4c5ncccc5c5cccnc5c4nc3c2)cc1. The van der Waals surface area contributed by atoms with Gasteiger partial charge in [-0.1, -0.05) is 12.1 Å². The van der Waals surface area contributed by atoms with E-state index in [1.165, 1.54) is 6.92 Å². The predicted molar refractivity (Wildman–Crippen MR) is 132 cm³/mol. The number of benzene rings is 3. The van der Waals surface area contributed by atoms with Crippen molar-refractivity contribution < 1.29 is 9.59 Å². The van der Waals surface area contributed by atoms with Crippen LogP contribution < -0.4 is 5.32 Å². The van der Waals surface area contributed by atoms with Crippen molar-refractivity contribution in [2.75, 3.05) is 5.32 Å². The number of ketones is 1. The van der Waals surface area contributed by atoms with Gasteiger partial charge >= 0.3 is 0 Å². The van der Waals surface area contributed by atoms with Crippen LogP contribution in [0.3, 0.4) is 0 Å². The number of carbonyl (C=O) groups is 2. The number of hydrogen-bond donors (Lipinski definition) is 1. The molecule has 0 unspecified atom stereocenters. The molecule has 6 aromatic rings. The molecular formula is C27H17N5O2. The first-order valence-electron chi connectivity index (χ1n) is 10.7. The molecule has 3 aromatic carbocycles. The maximum absolute atomic E-state index is 12.9. The third kappa shape index (κ3) is 3.22. The number of amides is 1. The molecule has 0 saturated heterocycles. The molecule has 3 heterocycles. The van der Waals surface area contributed by atoms with Crippen molar-refractivity contribution in [3.63, 3.8) is 0 Å². The van der Waals surface area contributed by atoms with Crippen LogP contribution in [0.25, 0.3) is 43.9 Å². The number of anilines is 1. The number of fused-ring (bicyclic) bond motifs is 7. The number of aromatic nitrogens is 4. The second kappa shape index (κ2) is 7.67. The molecular weight excluding hydrogens is 426 g/mol. The number of Topliss-reactive ketones (excluding diaryl/α,β-unsaturated/α-hetero) is 1. The van der Waals surface area contributed by atoms with Crippen LogP contribution in [0.4, 0.5) is 5.69 Å². The molecule has 0 radical (unpaired) electrons. The van der Waals surface area contributed by atoms with Gasteiger partial charge in [0, 0.05) is 40.0 Å². The van der Waals surface area contributed by atoms with Gasteiger partial charge in [-0.15, -0.1) is 0 Å². The van der Waals surface area contributed by atoms with E-state index in [4.69, 9.17) is 9.97 Å². The van der Waals surface area contributed by atoms with Crippen molar-refractivity contribution in [3.05, 3.63) is 90.3 Å². The summed E-state index contributed by atoms with van der Waals surface area (Å²) in [4.78, 5) is 43.2. The van der Waals surface area contributed by atoms with E-state index in [-0.39, 0.29) is 11.7 Å². The summed E-state index contributed by atoms with van der Waals surface area (Å²) in [6.07, 6.45) is 3.48. The highest BCUT2D eigenvalue weighted by Gasteiger charge is 2.15. The minimum Gasteiger partial charge on any atom is -0.322 e. The van der Waals surface area contributed by atoms with E-state index in [2.05, 4.69) is 15.3 Å². The van der Waals surface area contributed by atoms with E-state index in [1.807, 2.05) is 24.3 Å². The van der Waals surface area contributed by atoms with Crippen molar-refractivity contribution in [1.29, 1.82) is 0 Å². The van der Waals surface area contributed by atoms with E-state index in [0.717, 1.165) is 21.8 Å². The fourth-order valence-electron chi connectivity index (χ4n) is 4.14. The molecule has 0 fully saturated rings. The first kappa shape index (κ1) is 19.9. The molecule has 0 spiro atoms. The van der Waals surface area contributed by atoms with Crippen molar-refractivity contribution in [2.45, 2.75) is 6.92 Å². The zero-order chi connectivity index (χ0) is 23.2. The van der Waals surface area contributed by atoms with Crippen LogP contribution in [-0.4, -0.2) is 31.6 Å². The summed E-state index contributed by atoms with van der Waals surface area (Å²) in [5.74, 6) is -0.300. The fourth-order valence-corrected chi connectivity index (χ4v) is 4.14. The van der Waals surface area contributed by atoms with Gasteiger partial charge in [-0.25, -0.2) is 9.97 Å². The van der Waals surface area contributed by atoms with Crippen LogP contribution in [0.2, 0.25) is 0 Å². The molecule has 0 aliphatic carbocycles. The molecule has 0 atom stereocenters. The maximum Gasteiger partial charge on any atom is 0.255 e. The van der Waals surface area contributed by atoms with E-state index >= 15 is 0 Å². The van der Waals surface area contributed by atoms with Gasteiger partial charge in [0.15, 0.2) is 5.78 Å². The van der Waals surface area contributed by atoms with Crippen LogP contribution in [0.5, 0.6) is 0 Å². The maximum atomic E-state index is 12.9. The molecule has 1 amide bonds. The zero-order valence-corrected chi connectivity index (χ0v) is 18.1. The topological polar surface area (TPSA) is 97.7 Å². The first-order chi connectivity index (χ1) is 16.6. The minimum absolute atomic E-state index is 0.0248. The monoisotopic (exact) mass is 443 g/mol. The van der Waals surface area contributed by atoms with Gasteiger partial charge in [0.25, 0.3) is 5.91 Å². The molecule has 7 nitrogen and oxygen atoms in total. The molecule has 0 aliphatic heterocycles. The summed E-state index contributed by atoms with van der Waals surface area (Å²) in [5.41, 5.74) is 5.74. The normalized spacial score (nSPS) is 11.3. The highest BCUT2D eigenvalue weighted by atomic mass is 16.1. The number of rotatable bonds is 3. The molecule has 7 heteroatoms. The molecule has 0 bridgehead atoms. The number of nitrogens with one attached hydrogen (secondary N) is 1. The third-order valence-electron chi connectivity index (χ3n) is 5.83. The van der Waals surface area contributed by atoms with Crippen molar-refractivity contribution in [3.8, 4) is 0 Å². The average molecular weight is 443 g/mol. The second-order valence-electron chi connectivity index (χ2n) is 8.01. The second-order valence-corrected chi connectivity index (χ2v) is 8.01. The average Bonchev–Trinajstić information content (AvgIpc) is 2.88. The lowest BCUT2D eigenvalue weighted by molar-refractivity contribution is 0.101. The Labute approximate surface area is 193 Å². The Balaban J connectivity index is 1.47. The first-order valence-corrected chi connectivity index (χ1v) is 10.7. The Hall–Kier alpha value is -4.78. The summed E-state index contributed by atoms with van der Waals surface area (Å²) in [6.45, 7) is 1.50. The van der Waals surface area contributed by atoms with E-state index in [0.29, 0.717) is 38.9 Å². The highest BCUT2D eigenvalue weighted by molar-refractivity contribution is 6.21. The van der Waals surface area contributed by atoms with Crippen LogP contribution >= 0.6 is 0 Å². The molecule has 162 valence electrons. The van der Waals surface area contributed by atoms with Crippen molar-refractivity contribution >= 4 is 61.3 Å². The summed E-state index contributed by atoms with van der Waals surface area (Å²) in [5, 5.41) is 4.78. The minimum atomic E-state index is -0.275. The smallest absolute Gasteiger partial charge is 0.255 e. The number of hydrogen-bond acceptors (Lipinski definition) is 6. The van der Waals surface area contributed by atoms with Gasteiger partial charge < -0.3 is 5.32 Å². The summed E-state index contributed by atoms with van der Waals surface area (Å²) < 4.78 is 0. The number of pyridine rings is 2. The summed E-state index contributed by atoms with van der Waals surface area (Å²) in [6, 6.07) is 19.8. The molecule has 3 aromatic heterocycles. The van der Waals surface area contributed by atoms with Gasteiger partial charge in [-0.3, -0.25) is 19.6 Å². The van der Waals surface area contributed by atoms with Gasteiger partial charge in [0.1, 0.15) is 11.0 Å². The molecule has 0 saturated carbocycles. The zero-order valence-electron chi connectivity index (χ0n) is 18.1. The summed E-state index contributed by atoms with van der Waals surface area (Å²) >= 11 is 0. The standard InChI is InChI=1S/C27H17N5O2/c1-15(33)16-6-9-18(10-7-16)30-27(34)17-8-11-21-22(14-17)32-26-24-20(5-3-13-29-24)19-4-2-12-28-23(19)25(26)31-21/h2-14H,1H3,(H,30,34). The van der Waals surface area contributed by atoms with Crippen LogP contribution in [0.15, 0.2) is 79.1 Å². The highest BCUT2D eigenvalue weighted by Crippen LogP contribution is 2.31. The van der Waals surface area contributed by atoms with Crippen LogP contribution in [0.1, 0.15) is 27.6 Å². The quantitative estimate of drug-likeness (QED) is 0.225. The molecule has 1 N–H and O–H groups in total. The Morgan fingerprint density at radius 1 is 0.676 bits per heavy atom. The Morgan fingerprint density at radius 3 is 1.88 bits per heavy atom. The Bertz CT molecular complexity index is 1780. The third-order valence-corrected chi connectivity index (χ3v) is 5.83. The van der Waals surface area contributed by atoms with Gasteiger partial charge in [0.2, 0.25) is 0 Å². The van der Waals surface area contributed by atoms with Crippen LogP contribution in [-0.2, 0) is 0 Å². The van der Waals surface area contributed by atoms with E-state index < -0.39 is 0 Å². The lowest BCUT2D eigenvalue weighted by Gasteiger charge is -2.10. The fraction of sp³-hybridized carbons (Fsp3) is 0.0370. The van der Waals surface area contributed by atoms with Crippen molar-refractivity contribution in [2.24, 2.45) is 0 Å². The molecule has 6 rings (SSSR count). The number of carbonyl (C=O) groups excluding carboxylic acids is 2. The lowest BCUT2D eigenvalue weighted by atomic mass is 10.1. The summed E-state index contributed by atoms with van der Waals surface area (Å²) in [7, 11) is 0. The predicted octanol–water partition coefficient (Wildman–Crippen LogP) is 5.33. The van der Waals surface area contributed by atoms with E-state index in [1.54, 1.807) is 54.9 Å². The van der Waals surface area contributed by atoms with Gasteiger partial charge in [-0.05, 0) is 61.5 Å². The number of nitrogens with zero attached hydrogens (tertiary/aromatic N) is 4. The van der Waals surface area contributed by atoms with Gasteiger partial charge in [-0.2, -0.15) is 0 Å². The Morgan fingerprint density at radius 2 is 1.26 bits per heavy atom. The van der Waals surface area contributed by atoms with Crippen molar-refractivity contribution in [1.82, 2.24) is 19.9 Å². The molecule has 0 aliphatic rings. The molecule has 34 heavy (non-hydrogen) atoms. The van der Waals surface area contributed by atoms with Gasteiger partial charge in [0.05, 0.1) is 22.1 Å². The lowest BCUT2D eigenvalue weighted by Crippen LogP contribution is -2.12. The Kier molecular flexibility index (Phi) is 4.48. The van der Waals surface area contributed by atoms with E-state index in [9.17, 15) is 9.59 Å².